The van der Waals surface area contributed by atoms with Gasteiger partial charge in [-0.15, -0.1) is 11.3 Å². The molecule has 0 aliphatic carbocycles. The minimum atomic E-state index is -0.216. The Bertz CT molecular complexity index is 738. The molecular formula is C21H27NO2S. The fourth-order valence-corrected chi connectivity index (χ4v) is 4.11. The van der Waals surface area contributed by atoms with Crippen molar-refractivity contribution in [1.82, 2.24) is 4.90 Å². The van der Waals surface area contributed by atoms with Crippen molar-refractivity contribution in [2.75, 3.05) is 13.1 Å². The normalized spacial score (nSPS) is 16.1. The molecule has 3 nitrogen and oxygen atoms in total. The number of benzene rings is 1. The van der Waals surface area contributed by atoms with E-state index in [4.69, 9.17) is 0 Å². The summed E-state index contributed by atoms with van der Waals surface area (Å²) in [7, 11) is 0. The van der Waals surface area contributed by atoms with Gasteiger partial charge in [-0.1, -0.05) is 33.3 Å². The Morgan fingerprint density at radius 3 is 2.52 bits per heavy atom. The van der Waals surface area contributed by atoms with Crippen LogP contribution in [0.3, 0.4) is 0 Å². The molecule has 0 amide bonds. The third-order valence-corrected chi connectivity index (χ3v) is 5.72. The highest BCUT2D eigenvalue weighted by atomic mass is 32.1. The molecule has 0 bridgehead atoms. The van der Waals surface area contributed by atoms with Gasteiger partial charge in [0.25, 0.3) is 0 Å². The number of hydrogen-bond acceptors (Lipinski definition) is 4. The number of likely N-dealkylation sites (tertiary alicyclic amines) is 1. The van der Waals surface area contributed by atoms with Gasteiger partial charge in [-0.25, -0.2) is 0 Å². The van der Waals surface area contributed by atoms with E-state index in [-0.39, 0.29) is 11.2 Å². The second-order valence-electron chi connectivity index (χ2n) is 7.92. The second-order valence-corrected chi connectivity index (χ2v) is 8.87. The second kappa shape index (κ2) is 7.30. The quantitative estimate of drug-likeness (QED) is 0.786. The van der Waals surface area contributed by atoms with Gasteiger partial charge in [0, 0.05) is 23.2 Å². The van der Waals surface area contributed by atoms with Crippen LogP contribution in [0, 0.1) is 0 Å². The number of phenolic OH excluding ortho intramolecular Hbond substituents is 1. The molecule has 3 rings (SSSR count). The zero-order chi connectivity index (χ0) is 18.0. The Morgan fingerprint density at radius 2 is 1.92 bits per heavy atom. The maximum atomic E-state index is 12.9. The third-order valence-electron chi connectivity index (χ3n) is 4.85. The molecule has 4 heteroatoms. The molecule has 25 heavy (non-hydrogen) atoms. The highest BCUT2D eigenvalue weighted by Crippen LogP contribution is 2.36. The van der Waals surface area contributed by atoms with Crippen molar-refractivity contribution < 1.29 is 9.90 Å². The summed E-state index contributed by atoms with van der Waals surface area (Å²) in [4.78, 5) is 16.0. The van der Waals surface area contributed by atoms with Gasteiger partial charge < -0.3 is 5.11 Å². The van der Waals surface area contributed by atoms with E-state index in [1.807, 2.05) is 29.6 Å². The van der Waals surface area contributed by atoms with Gasteiger partial charge >= 0.3 is 0 Å². The molecule has 1 aliphatic rings. The highest BCUT2D eigenvalue weighted by molar-refractivity contribution is 7.12. The molecule has 0 atom stereocenters. The van der Waals surface area contributed by atoms with Crippen LogP contribution in [0.2, 0.25) is 0 Å². The maximum absolute atomic E-state index is 12.9. The summed E-state index contributed by atoms with van der Waals surface area (Å²) in [6.07, 6.45) is 3.70. The molecule has 1 fully saturated rings. The van der Waals surface area contributed by atoms with Crippen molar-refractivity contribution in [2.45, 2.75) is 52.0 Å². The Labute approximate surface area is 154 Å². The molecule has 1 aromatic heterocycles. The van der Waals surface area contributed by atoms with Crippen molar-refractivity contribution in [3.63, 3.8) is 0 Å². The summed E-state index contributed by atoms with van der Waals surface area (Å²) >= 11 is 1.46. The van der Waals surface area contributed by atoms with Crippen molar-refractivity contribution in [3.05, 3.63) is 51.2 Å². The molecule has 0 spiro atoms. The summed E-state index contributed by atoms with van der Waals surface area (Å²) in [6.45, 7) is 9.06. The lowest BCUT2D eigenvalue weighted by atomic mass is 9.83. The molecule has 1 N–H and O–H groups in total. The molecule has 0 radical (unpaired) electrons. The first kappa shape index (κ1) is 18.2. The van der Waals surface area contributed by atoms with Gasteiger partial charge in [0.15, 0.2) is 0 Å². The molecule has 0 saturated carbocycles. The number of carbonyl (C=O) groups excluding carboxylic acids is 1. The van der Waals surface area contributed by atoms with Gasteiger partial charge in [-0.05, 0) is 54.9 Å². The summed E-state index contributed by atoms with van der Waals surface area (Å²) in [5.74, 6) is 0.390. The molecule has 1 saturated heterocycles. The predicted octanol–water partition coefficient (Wildman–Crippen LogP) is 4.97. The van der Waals surface area contributed by atoms with Gasteiger partial charge in [-0.2, -0.15) is 0 Å². The van der Waals surface area contributed by atoms with Crippen LogP contribution in [-0.4, -0.2) is 28.9 Å². The summed E-state index contributed by atoms with van der Waals surface area (Å²) in [6, 6.07) is 7.52. The number of ketones is 1. The number of piperidine rings is 1. The first-order valence-corrected chi connectivity index (χ1v) is 9.91. The molecule has 134 valence electrons. The lowest BCUT2D eigenvalue weighted by Gasteiger charge is -2.29. The fourth-order valence-electron chi connectivity index (χ4n) is 3.43. The maximum Gasteiger partial charge on any atom is 0.202 e. The van der Waals surface area contributed by atoms with Crippen LogP contribution < -0.4 is 0 Å². The topological polar surface area (TPSA) is 40.5 Å². The van der Waals surface area contributed by atoms with E-state index in [0.717, 1.165) is 29.1 Å². The SMILES string of the molecule is CC(C)(C)c1cc(C(=O)c2cccs2)cc(CN2CCCCC2)c1O. The van der Waals surface area contributed by atoms with Gasteiger partial charge in [-0.3, -0.25) is 9.69 Å². The molecule has 0 unspecified atom stereocenters. The Balaban J connectivity index is 2.00. The molecule has 1 aliphatic heterocycles. The van der Waals surface area contributed by atoms with Crippen molar-refractivity contribution in [1.29, 1.82) is 0 Å². The van der Waals surface area contributed by atoms with E-state index >= 15 is 0 Å². The largest absolute Gasteiger partial charge is 0.507 e. The van der Waals surface area contributed by atoms with Crippen molar-refractivity contribution >= 4 is 17.1 Å². The van der Waals surface area contributed by atoms with Crippen molar-refractivity contribution in [2.24, 2.45) is 0 Å². The smallest absolute Gasteiger partial charge is 0.202 e. The summed E-state index contributed by atoms with van der Waals surface area (Å²) in [5, 5.41) is 12.8. The van der Waals surface area contributed by atoms with Crippen LogP contribution in [0.5, 0.6) is 5.75 Å². The molecular weight excluding hydrogens is 330 g/mol. The number of phenols is 1. The minimum Gasteiger partial charge on any atom is -0.507 e. The van der Waals surface area contributed by atoms with E-state index in [2.05, 4.69) is 25.7 Å². The van der Waals surface area contributed by atoms with E-state index in [1.54, 1.807) is 0 Å². The first-order chi connectivity index (χ1) is 11.9. The fraction of sp³-hybridized carbons (Fsp3) is 0.476. The van der Waals surface area contributed by atoms with Crippen LogP contribution in [0.15, 0.2) is 29.6 Å². The lowest BCUT2D eigenvalue weighted by molar-refractivity contribution is 0.104. The zero-order valence-corrected chi connectivity index (χ0v) is 16.2. The summed E-state index contributed by atoms with van der Waals surface area (Å²) < 4.78 is 0. The number of thiophene rings is 1. The Morgan fingerprint density at radius 1 is 1.20 bits per heavy atom. The van der Waals surface area contributed by atoms with Crippen LogP contribution in [-0.2, 0) is 12.0 Å². The van der Waals surface area contributed by atoms with Gasteiger partial charge in [0.1, 0.15) is 5.75 Å². The summed E-state index contributed by atoms with van der Waals surface area (Å²) in [5.41, 5.74) is 2.18. The van der Waals surface area contributed by atoms with E-state index < -0.39 is 0 Å². The standard InChI is InChI=1S/C21H27NO2S/c1-21(2,3)17-13-15(20(24)18-8-7-11-25-18)12-16(19(17)23)14-22-9-5-4-6-10-22/h7-8,11-13,23H,4-6,9-10,14H2,1-3H3. The lowest BCUT2D eigenvalue weighted by Crippen LogP contribution is -2.29. The number of aromatic hydroxyl groups is 1. The Hall–Kier alpha value is -1.65. The van der Waals surface area contributed by atoms with Crippen LogP contribution in [0.1, 0.15) is 66.4 Å². The number of rotatable bonds is 4. The van der Waals surface area contributed by atoms with Gasteiger partial charge in [0.2, 0.25) is 5.78 Å². The highest BCUT2D eigenvalue weighted by Gasteiger charge is 2.24. The first-order valence-electron chi connectivity index (χ1n) is 9.03. The number of nitrogens with zero attached hydrogens (tertiary/aromatic N) is 1. The third kappa shape index (κ3) is 4.13. The van der Waals surface area contributed by atoms with Crippen molar-refractivity contribution in [3.8, 4) is 5.75 Å². The molecule has 1 aromatic carbocycles. The van der Waals surface area contributed by atoms with Crippen LogP contribution in [0.4, 0.5) is 0 Å². The van der Waals surface area contributed by atoms with E-state index in [9.17, 15) is 9.90 Å². The monoisotopic (exact) mass is 357 g/mol. The van der Waals surface area contributed by atoms with Gasteiger partial charge in [0.05, 0.1) is 4.88 Å². The predicted molar refractivity (Wildman–Crippen MR) is 104 cm³/mol. The zero-order valence-electron chi connectivity index (χ0n) is 15.3. The van der Waals surface area contributed by atoms with E-state index in [1.165, 1.54) is 30.6 Å². The molecule has 2 heterocycles. The molecule has 2 aromatic rings. The Kier molecular flexibility index (Phi) is 5.30. The average Bonchev–Trinajstić information content (AvgIpc) is 3.10. The van der Waals surface area contributed by atoms with E-state index in [0.29, 0.717) is 17.9 Å². The average molecular weight is 358 g/mol. The minimum absolute atomic E-state index is 0.0420. The number of hydrogen-bond donors (Lipinski definition) is 1. The van der Waals surface area contributed by atoms with Crippen LogP contribution in [0.25, 0.3) is 0 Å². The van der Waals surface area contributed by atoms with Crippen LogP contribution >= 0.6 is 11.3 Å². The number of carbonyl (C=O) groups is 1.